The summed E-state index contributed by atoms with van der Waals surface area (Å²) in [6.45, 7) is 5.46. The van der Waals surface area contributed by atoms with Gasteiger partial charge in [0.2, 0.25) is 15.9 Å². The first kappa shape index (κ1) is 18.2. The Labute approximate surface area is 150 Å². The Morgan fingerprint density at radius 2 is 1.96 bits per heavy atom. The summed E-state index contributed by atoms with van der Waals surface area (Å²) in [6, 6.07) is 5.10. The average molecular weight is 365 g/mol. The van der Waals surface area contributed by atoms with Crippen molar-refractivity contribution in [3.8, 4) is 0 Å². The summed E-state index contributed by atoms with van der Waals surface area (Å²) in [5, 5.41) is 3.12. The highest BCUT2D eigenvalue weighted by Gasteiger charge is 2.41. The van der Waals surface area contributed by atoms with Gasteiger partial charge in [-0.2, -0.15) is 0 Å². The Kier molecular flexibility index (Phi) is 4.84. The van der Waals surface area contributed by atoms with E-state index in [2.05, 4.69) is 5.32 Å². The minimum absolute atomic E-state index is 0.203. The predicted octanol–water partition coefficient (Wildman–Crippen LogP) is 2.76. The van der Waals surface area contributed by atoms with Gasteiger partial charge in [0.1, 0.15) is 6.04 Å². The molecule has 4 atom stereocenters. The van der Waals surface area contributed by atoms with Crippen LogP contribution in [0.15, 0.2) is 18.2 Å². The molecule has 2 bridgehead atoms. The third-order valence-electron chi connectivity index (χ3n) is 5.76. The largest absolute Gasteiger partial charge is 0.351 e. The molecule has 138 valence electrons. The molecule has 0 radical (unpaired) electrons. The van der Waals surface area contributed by atoms with E-state index < -0.39 is 16.1 Å². The zero-order valence-corrected chi connectivity index (χ0v) is 16.3. The quantitative estimate of drug-likeness (QED) is 0.874. The molecule has 1 amide bonds. The molecule has 0 spiro atoms. The lowest BCUT2D eigenvalue weighted by atomic mass is 9.95. The third kappa shape index (κ3) is 3.68. The van der Waals surface area contributed by atoms with Crippen molar-refractivity contribution in [3.05, 3.63) is 29.3 Å². The van der Waals surface area contributed by atoms with Crippen LogP contribution in [0.25, 0.3) is 0 Å². The summed E-state index contributed by atoms with van der Waals surface area (Å²) in [7, 11) is -3.57. The Balaban J connectivity index is 1.83. The fourth-order valence-corrected chi connectivity index (χ4v) is 5.69. The van der Waals surface area contributed by atoms with Crippen LogP contribution < -0.4 is 9.62 Å². The fraction of sp³-hybridized carbons (Fsp3) is 0.632. The Bertz CT molecular complexity index is 775. The van der Waals surface area contributed by atoms with Gasteiger partial charge in [-0.25, -0.2) is 8.42 Å². The molecule has 2 aliphatic rings. The van der Waals surface area contributed by atoms with Crippen LogP contribution in [0.4, 0.5) is 5.69 Å². The first-order valence-electron chi connectivity index (χ1n) is 9.04. The molecule has 2 fully saturated rings. The summed E-state index contributed by atoms with van der Waals surface area (Å²) in [5.74, 6) is 1.09. The van der Waals surface area contributed by atoms with Crippen molar-refractivity contribution in [1.82, 2.24) is 5.32 Å². The van der Waals surface area contributed by atoms with Crippen molar-refractivity contribution in [2.75, 3.05) is 10.6 Å². The van der Waals surface area contributed by atoms with Crippen molar-refractivity contribution in [2.24, 2.45) is 11.8 Å². The van der Waals surface area contributed by atoms with E-state index in [1.165, 1.54) is 23.6 Å². The second-order valence-electron chi connectivity index (χ2n) is 7.81. The number of carbonyl (C=O) groups is 1. The number of anilines is 1. The van der Waals surface area contributed by atoms with Gasteiger partial charge in [0.05, 0.1) is 11.9 Å². The molecule has 0 aliphatic heterocycles. The molecule has 25 heavy (non-hydrogen) atoms. The number of benzene rings is 1. The molecule has 2 saturated carbocycles. The minimum atomic E-state index is -3.57. The fourth-order valence-electron chi connectivity index (χ4n) is 4.46. The highest BCUT2D eigenvalue weighted by molar-refractivity contribution is 7.92. The number of nitrogens with zero attached hydrogens (tertiary/aromatic N) is 1. The van der Waals surface area contributed by atoms with Crippen molar-refractivity contribution in [3.63, 3.8) is 0 Å². The first-order valence-corrected chi connectivity index (χ1v) is 10.9. The first-order chi connectivity index (χ1) is 11.7. The van der Waals surface area contributed by atoms with Gasteiger partial charge in [-0.1, -0.05) is 18.6 Å². The molecular weight excluding hydrogens is 336 g/mol. The second-order valence-corrected chi connectivity index (χ2v) is 9.67. The maximum Gasteiger partial charge on any atom is 0.243 e. The maximum absolute atomic E-state index is 12.8. The summed E-state index contributed by atoms with van der Waals surface area (Å²) in [4.78, 5) is 12.8. The molecular formula is C19H28N2O3S. The van der Waals surface area contributed by atoms with Crippen molar-refractivity contribution >= 4 is 21.6 Å². The van der Waals surface area contributed by atoms with Crippen LogP contribution in [-0.2, 0) is 14.8 Å². The standard InChI is InChI=1S/C19H28N2O3S/c1-12-5-6-13(2)18(9-12)21(25(4,23)24)14(3)19(22)20-17-11-15-7-8-16(17)10-15/h5-6,9,14-17H,7-8,10-11H2,1-4H3,(H,20,22)/t14-,15+,16+,17-/m1/s1. The third-order valence-corrected chi connectivity index (χ3v) is 6.98. The van der Waals surface area contributed by atoms with Gasteiger partial charge < -0.3 is 5.32 Å². The molecule has 1 aromatic carbocycles. The number of nitrogens with one attached hydrogen (secondary N) is 1. The number of rotatable bonds is 5. The summed E-state index contributed by atoms with van der Waals surface area (Å²) >= 11 is 0. The number of hydrogen-bond donors (Lipinski definition) is 1. The minimum Gasteiger partial charge on any atom is -0.351 e. The van der Waals surface area contributed by atoms with Gasteiger partial charge in [0.25, 0.3) is 0 Å². The molecule has 1 N–H and O–H groups in total. The zero-order chi connectivity index (χ0) is 18.4. The van der Waals surface area contributed by atoms with Gasteiger partial charge >= 0.3 is 0 Å². The van der Waals surface area contributed by atoms with Crippen molar-refractivity contribution in [2.45, 2.75) is 58.5 Å². The van der Waals surface area contributed by atoms with E-state index in [0.717, 1.165) is 29.7 Å². The van der Waals surface area contributed by atoms with E-state index in [1.54, 1.807) is 6.92 Å². The van der Waals surface area contributed by atoms with Crippen LogP contribution in [-0.4, -0.2) is 32.7 Å². The van der Waals surface area contributed by atoms with Gasteiger partial charge in [-0.05, 0) is 69.1 Å². The monoisotopic (exact) mass is 364 g/mol. The lowest BCUT2D eigenvalue weighted by Gasteiger charge is -2.32. The lowest BCUT2D eigenvalue weighted by molar-refractivity contribution is -0.122. The van der Waals surface area contributed by atoms with Crippen LogP contribution in [0.1, 0.15) is 43.7 Å². The van der Waals surface area contributed by atoms with Crippen LogP contribution in [0.5, 0.6) is 0 Å². The highest BCUT2D eigenvalue weighted by Crippen LogP contribution is 2.44. The van der Waals surface area contributed by atoms with Gasteiger partial charge in [-0.3, -0.25) is 9.10 Å². The second kappa shape index (κ2) is 6.63. The molecule has 5 nitrogen and oxygen atoms in total. The molecule has 2 aliphatic carbocycles. The van der Waals surface area contributed by atoms with Gasteiger partial charge in [0, 0.05) is 6.04 Å². The topological polar surface area (TPSA) is 66.5 Å². The summed E-state index contributed by atoms with van der Waals surface area (Å²) in [6.07, 6.45) is 5.84. The van der Waals surface area contributed by atoms with Crippen LogP contribution in [0.3, 0.4) is 0 Å². The number of fused-ring (bicyclic) bond motifs is 2. The van der Waals surface area contributed by atoms with Gasteiger partial charge in [0.15, 0.2) is 0 Å². The van der Waals surface area contributed by atoms with E-state index in [-0.39, 0.29) is 11.9 Å². The molecule has 3 rings (SSSR count). The molecule has 0 aromatic heterocycles. The Hall–Kier alpha value is -1.56. The number of hydrogen-bond acceptors (Lipinski definition) is 3. The van der Waals surface area contributed by atoms with E-state index in [0.29, 0.717) is 11.6 Å². The number of carbonyl (C=O) groups excluding carboxylic acids is 1. The normalized spacial score (nSPS) is 26.5. The lowest BCUT2D eigenvalue weighted by Crippen LogP contribution is -2.51. The molecule has 0 unspecified atom stereocenters. The SMILES string of the molecule is Cc1ccc(C)c(N([C@H](C)C(=O)N[C@@H]2C[C@H]3CC[C@H]2C3)S(C)(=O)=O)c1. The van der Waals surface area contributed by atoms with E-state index in [1.807, 2.05) is 32.0 Å². The summed E-state index contributed by atoms with van der Waals surface area (Å²) < 4.78 is 26.2. The van der Waals surface area contributed by atoms with Crippen molar-refractivity contribution in [1.29, 1.82) is 0 Å². The van der Waals surface area contributed by atoms with Gasteiger partial charge in [-0.15, -0.1) is 0 Å². The van der Waals surface area contributed by atoms with E-state index >= 15 is 0 Å². The highest BCUT2D eigenvalue weighted by atomic mass is 32.2. The number of amides is 1. The van der Waals surface area contributed by atoms with Crippen LogP contribution >= 0.6 is 0 Å². The molecule has 1 aromatic rings. The maximum atomic E-state index is 12.8. The number of sulfonamides is 1. The molecule has 6 heteroatoms. The predicted molar refractivity (Wildman–Crippen MR) is 100 cm³/mol. The van der Waals surface area contributed by atoms with Crippen LogP contribution in [0, 0.1) is 25.7 Å². The van der Waals surface area contributed by atoms with Crippen LogP contribution in [0.2, 0.25) is 0 Å². The molecule has 0 saturated heterocycles. The number of aryl methyl sites for hydroxylation is 2. The smallest absolute Gasteiger partial charge is 0.243 e. The van der Waals surface area contributed by atoms with E-state index in [9.17, 15) is 13.2 Å². The molecule has 0 heterocycles. The average Bonchev–Trinajstić information content (AvgIpc) is 3.12. The van der Waals surface area contributed by atoms with Crippen molar-refractivity contribution < 1.29 is 13.2 Å². The zero-order valence-electron chi connectivity index (χ0n) is 15.5. The Morgan fingerprint density at radius 3 is 2.52 bits per heavy atom. The van der Waals surface area contributed by atoms with E-state index in [4.69, 9.17) is 0 Å². The Morgan fingerprint density at radius 1 is 1.24 bits per heavy atom. The summed E-state index contributed by atoms with van der Waals surface area (Å²) in [5.41, 5.74) is 2.39.